The molecule has 0 spiro atoms. The lowest BCUT2D eigenvalue weighted by atomic mass is 10.1. The third-order valence-electron chi connectivity index (χ3n) is 4.15. The van der Waals surface area contributed by atoms with E-state index in [1.54, 1.807) is 4.90 Å². The summed E-state index contributed by atoms with van der Waals surface area (Å²) in [6.07, 6.45) is -0.444. The monoisotopic (exact) mass is 382 g/mol. The molecule has 0 aliphatic carbocycles. The van der Waals surface area contributed by atoms with Crippen LogP contribution in [0.5, 0.6) is 0 Å². The van der Waals surface area contributed by atoms with Gasteiger partial charge in [0.15, 0.2) is 15.0 Å². The van der Waals surface area contributed by atoms with Gasteiger partial charge in [-0.25, -0.2) is 8.42 Å². The maximum Gasteiger partial charge on any atom is 0.303 e. The summed E-state index contributed by atoms with van der Waals surface area (Å²) in [5.74, 6) is -1.47. The molecule has 2 fully saturated rings. The van der Waals surface area contributed by atoms with Crippen LogP contribution >= 0.6 is 11.8 Å². The third kappa shape index (κ3) is 4.04. The van der Waals surface area contributed by atoms with Crippen LogP contribution in [0.2, 0.25) is 0 Å². The van der Waals surface area contributed by atoms with Gasteiger partial charge in [-0.2, -0.15) is 4.99 Å². The zero-order chi connectivity index (χ0) is 18.2. The highest BCUT2D eigenvalue weighted by molar-refractivity contribution is 8.16. The number of amides is 1. The standard InChI is InChI=1S/C16H18N2O5S2/c1-10-2-4-11(5-3-10)18-12-8-25(22,23)9-13(12)24-16(18)17-14(19)6-7-15(20)21/h2-5,12-13H,6-9H2,1H3,(H,20,21)/t12-,13+/m0/s1. The van der Waals surface area contributed by atoms with E-state index in [0.717, 1.165) is 11.3 Å². The molecule has 0 aromatic heterocycles. The molecule has 134 valence electrons. The summed E-state index contributed by atoms with van der Waals surface area (Å²) in [5.41, 5.74) is 1.86. The highest BCUT2D eigenvalue weighted by Gasteiger charge is 2.49. The second-order valence-electron chi connectivity index (χ2n) is 6.19. The molecule has 2 heterocycles. The zero-order valence-electron chi connectivity index (χ0n) is 13.6. The van der Waals surface area contributed by atoms with Gasteiger partial charge in [-0.3, -0.25) is 9.59 Å². The van der Waals surface area contributed by atoms with Crippen LogP contribution in [0.15, 0.2) is 29.3 Å². The molecule has 7 nitrogen and oxygen atoms in total. The van der Waals surface area contributed by atoms with Crippen molar-refractivity contribution in [1.82, 2.24) is 0 Å². The van der Waals surface area contributed by atoms with Crippen molar-refractivity contribution < 1.29 is 23.1 Å². The number of aryl methyl sites for hydroxylation is 1. The van der Waals surface area contributed by atoms with E-state index in [1.165, 1.54) is 11.8 Å². The third-order valence-corrected chi connectivity index (χ3v) is 7.36. The molecule has 0 saturated carbocycles. The van der Waals surface area contributed by atoms with Gasteiger partial charge >= 0.3 is 5.97 Å². The second kappa shape index (κ2) is 6.80. The predicted octanol–water partition coefficient (Wildman–Crippen LogP) is 1.46. The Morgan fingerprint density at radius 3 is 2.56 bits per heavy atom. The predicted molar refractivity (Wildman–Crippen MR) is 96.8 cm³/mol. The van der Waals surface area contributed by atoms with Gasteiger partial charge in [-0.15, -0.1) is 0 Å². The topological polar surface area (TPSA) is 104 Å². The number of carboxylic acid groups (broad SMARTS) is 1. The number of fused-ring (bicyclic) bond motifs is 1. The first-order valence-electron chi connectivity index (χ1n) is 7.81. The molecule has 0 radical (unpaired) electrons. The molecule has 9 heteroatoms. The van der Waals surface area contributed by atoms with Gasteiger partial charge in [-0.1, -0.05) is 29.5 Å². The molecule has 2 atom stereocenters. The lowest BCUT2D eigenvalue weighted by Gasteiger charge is -2.24. The Hall–Kier alpha value is -1.87. The number of hydrogen-bond donors (Lipinski definition) is 1. The van der Waals surface area contributed by atoms with Crippen LogP contribution in [0, 0.1) is 6.92 Å². The van der Waals surface area contributed by atoms with Crippen molar-refractivity contribution in [2.45, 2.75) is 31.1 Å². The Bertz CT molecular complexity index is 833. The number of hydrogen-bond acceptors (Lipinski definition) is 5. The molecule has 3 rings (SSSR count). The average molecular weight is 382 g/mol. The van der Waals surface area contributed by atoms with Crippen LogP contribution in [0.3, 0.4) is 0 Å². The van der Waals surface area contributed by atoms with E-state index in [0.29, 0.717) is 5.17 Å². The highest BCUT2D eigenvalue weighted by Crippen LogP contribution is 2.41. The maximum atomic E-state index is 12.0. The first kappa shape index (κ1) is 17.9. The Labute approximate surface area is 150 Å². The van der Waals surface area contributed by atoms with E-state index in [-0.39, 0.29) is 35.6 Å². The van der Waals surface area contributed by atoms with E-state index >= 15 is 0 Å². The number of nitrogens with zero attached hydrogens (tertiary/aromatic N) is 2. The molecule has 1 aromatic rings. The summed E-state index contributed by atoms with van der Waals surface area (Å²) in [6, 6.07) is 7.33. The van der Waals surface area contributed by atoms with Crippen LogP contribution in [0.4, 0.5) is 5.69 Å². The quantitative estimate of drug-likeness (QED) is 0.840. The minimum Gasteiger partial charge on any atom is -0.481 e. The van der Waals surface area contributed by atoms with Gasteiger partial charge in [0.25, 0.3) is 0 Å². The molecule has 2 aliphatic heterocycles. The molecule has 1 aromatic carbocycles. The Morgan fingerprint density at radius 1 is 1.24 bits per heavy atom. The molecule has 1 amide bonds. The maximum absolute atomic E-state index is 12.0. The van der Waals surface area contributed by atoms with Gasteiger partial charge in [0.1, 0.15) is 0 Å². The van der Waals surface area contributed by atoms with Crippen LogP contribution in [-0.2, 0) is 19.4 Å². The van der Waals surface area contributed by atoms with Crippen molar-refractivity contribution in [1.29, 1.82) is 0 Å². The molecule has 1 N–H and O–H groups in total. The number of aliphatic carboxylic acids is 1. The minimum atomic E-state index is -3.11. The van der Waals surface area contributed by atoms with E-state index in [4.69, 9.17) is 5.11 Å². The first-order valence-corrected chi connectivity index (χ1v) is 10.5. The van der Waals surface area contributed by atoms with Crippen LogP contribution in [0.1, 0.15) is 18.4 Å². The molecule has 25 heavy (non-hydrogen) atoms. The molecular formula is C16H18N2O5S2. The van der Waals surface area contributed by atoms with Crippen molar-refractivity contribution >= 4 is 44.3 Å². The number of aliphatic imine (C=N–C) groups is 1. The summed E-state index contributed by atoms with van der Waals surface area (Å²) in [4.78, 5) is 28.4. The van der Waals surface area contributed by atoms with E-state index in [1.807, 2.05) is 31.2 Å². The van der Waals surface area contributed by atoms with Crippen molar-refractivity contribution in [3.8, 4) is 0 Å². The fourth-order valence-electron chi connectivity index (χ4n) is 2.95. The van der Waals surface area contributed by atoms with Gasteiger partial charge < -0.3 is 10.0 Å². The Kier molecular flexibility index (Phi) is 4.88. The van der Waals surface area contributed by atoms with Gasteiger partial charge in [-0.05, 0) is 19.1 Å². The molecule has 0 unspecified atom stereocenters. The summed E-state index contributed by atoms with van der Waals surface area (Å²) in [6.45, 7) is 1.95. The summed E-state index contributed by atoms with van der Waals surface area (Å²) in [7, 11) is -3.11. The number of amidine groups is 1. The summed E-state index contributed by atoms with van der Waals surface area (Å²) < 4.78 is 23.9. The lowest BCUT2D eigenvalue weighted by molar-refractivity contribution is -0.138. The lowest BCUT2D eigenvalue weighted by Crippen LogP contribution is -2.37. The van der Waals surface area contributed by atoms with Gasteiger partial charge in [0.05, 0.1) is 24.0 Å². The fourth-order valence-corrected chi connectivity index (χ4v) is 6.88. The molecular weight excluding hydrogens is 364 g/mol. The second-order valence-corrected chi connectivity index (χ2v) is 9.55. The fraction of sp³-hybridized carbons (Fsp3) is 0.438. The summed E-state index contributed by atoms with van der Waals surface area (Å²) in [5, 5.41) is 8.96. The molecule has 2 aliphatic rings. The van der Waals surface area contributed by atoms with Gasteiger partial charge in [0, 0.05) is 17.4 Å². The zero-order valence-corrected chi connectivity index (χ0v) is 15.2. The number of rotatable bonds is 4. The van der Waals surface area contributed by atoms with Crippen LogP contribution in [-0.4, -0.2) is 53.4 Å². The number of sulfone groups is 1. The largest absolute Gasteiger partial charge is 0.481 e. The summed E-state index contributed by atoms with van der Waals surface area (Å²) >= 11 is 1.28. The number of anilines is 1. The Morgan fingerprint density at radius 2 is 1.92 bits per heavy atom. The van der Waals surface area contributed by atoms with Crippen molar-refractivity contribution in [2.24, 2.45) is 4.99 Å². The van der Waals surface area contributed by atoms with Crippen LogP contribution in [0.25, 0.3) is 0 Å². The van der Waals surface area contributed by atoms with Crippen molar-refractivity contribution in [3.63, 3.8) is 0 Å². The molecule has 0 bridgehead atoms. The number of carbonyl (C=O) groups is 2. The Balaban J connectivity index is 1.90. The van der Waals surface area contributed by atoms with Crippen molar-refractivity contribution in [2.75, 3.05) is 16.4 Å². The SMILES string of the molecule is Cc1ccc(N2C(=NC(=O)CCC(=O)O)S[C@@H]3CS(=O)(=O)C[C@@H]32)cc1. The van der Waals surface area contributed by atoms with Crippen LogP contribution < -0.4 is 4.90 Å². The average Bonchev–Trinajstić information content (AvgIpc) is 2.97. The van der Waals surface area contributed by atoms with E-state index in [2.05, 4.69) is 4.99 Å². The highest BCUT2D eigenvalue weighted by atomic mass is 32.2. The van der Waals surface area contributed by atoms with Crippen molar-refractivity contribution in [3.05, 3.63) is 29.8 Å². The smallest absolute Gasteiger partial charge is 0.303 e. The number of carbonyl (C=O) groups excluding carboxylic acids is 1. The van der Waals surface area contributed by atoms with Gasteiger partial charge in [0.2, 0.25) is 5.91 Å². The number of carboxylic acids is 1. The number of thioether (sulfide) groups is 1. The van der Waals surface area contributed by atoms with E-state index < -0.39 is 21.7 Å². The number of benzene rings is 1. The minimum absolute atomic E-state index is 0.0287. The normalized spacial score (nSPS) is 26.0. The first-order chi connectivity index (χ1) is 11.7. The molecule has 2 saturated heterocycles. The van der Waals surface area contributed by atoms with E-state index in [9.17, 15) is 18.0 Å².